The lowest BCUT2D eigenvalue weighted by molar-refractivity contribution is -0.150. The van der Waals surface area contributed by atoms with Crippen LogP contribution in [0.5, 0.6) is 0 Å². The van der Waals surface area contributed by atoms with Gasteiger partial charge in [-0.25, -0.2) is 4.57 Å². The minimum atomic E-state index is -3.94. The van der Waals surface area contributed by atoms with Gasteiger partial charge in [-0.1, -0.05) is 6.92 Å². The van der Waals surface area contributed by atoms with Crippen LogP contribution in [0.15, 0.2) is 0 Å². The van der Waals surface area contributed by atoms with Crippen LogP contribution in [0, 0.1) is 5.92 Å². The standard InChI is InChI=1S/C9H17O6P/c1-6-8-7(2)15-9(6,4-13-8)5-14-16(10,11)12-3/h6-8H,4-5H2,1-3H3,(H,10,11)/t6-,7+,8?,9-/m1/s1. The van der Waals surface area contributed by atoms with E-state index < -0.39 is 13.4 Å². The molecule has 2 saturated heterocycles. The van der Waals surface area contributed by atoms with Crippen LogP contribution in [0.25, 0.3) is 0 Å². The van der Waals surface area contributed by atoms with Gasteiger partial charge in [0, 0.05) is 13.0 Å². The second kappa shape index (κ2) is 4.05. The van der Waals surface area contributed by atoms with E-state index in [0.29, 0.717) is 6.61 Å². The second-order valence-electron chi connectivity index (χ2n) is 4.38. The Morgan fingerprint density at radius 1 is 1.56 bits per heavy atom. The molecule has 0 amide bonds. The highest BCUT2D eigenvalue weighted by atomic mass is 31.2. The highest BCUT2D eigenvalue weighted by Gasteiger charge is 2.58. The largest absolute Gasteiger partial charge is 0.472 e. The van der Waals surface area contributed by atoms with Crippen molar-refractivity contribution in [2.75, 3.05) is 20.3 Å². The molecular weight excluding hydrogens is 235 g/mol. The molecule has 2 fully saturated rings. The number of hydrogen-bond donors (Lipinski definition) is 1. The third-order valence-corrected chi connectivity index (χ3v) is 4.35. The Hall–Kier alpha value is 0.0300. The summed E-state index contributed by atoms with van der Waals surface area (Å²) < 4.78 is 31.8. The molecule has 0 radical (unpaired) electrons. The molecule has 94 valence electrons. The molecule has 2 unspecified atom stereocenters. The molecule has 0 aliphatic carbocycles. The van der Waals surface area contributed by atoms with E-state index in [1.165, 1.54) is 0 Å². The molecule has 0 saturated carbocycles. The van der Waals surface area contributed by atoms with Crippen LogP contribution in [0.1, 0.15) is 13.8 Å². The van der Waals surface area contributed by atoms with Crippen molar-refractivity contribution in [1.29, 1.82) is 0 Å². The van der Waals surface area contributed by atoms with Crippen molar-refractivity contribution in [2.24, 2.45) is 5.92 Å². The van der Waals surface area contributed by atoms with Crippen LogP contribution in [0.3, 0.4) is 0 Å². The van der Waals surface area contributed by atoms with Crippen molar-refractivity contribution in [3.8, 4) is 0 Å². The van der Waals surface area contributed by atoms with E-state index >= 15 is 0 Å². The lowest BCUT2D eigenvalue weighted by Crippen LogP contribution is -2.41. The first-order valence-corrected chi connectivity index (χ1v) is 6.72. The van der Waals surface area contributed by atoms with Crippen LogP contribution in [0.4, 0.5) is 0 Å². The molecule has 0 spiro atoms. The van der Waals surface area contributed by atoms with E-state index in [2.05, 4.69) is 4.52 Å². The zero-order chi connectivity index (χ0) is 12.0. The molecule has 0 aromatic heterocycles. The number of ether oxygens (including phenoxy) is 2. The average Bonchev–Trinajstić information content (AvgIpc) is 2.67. The fourth-order valence-corrected chi connectivity index (χ4v) is 2.87. The summed E-state index contributed by atoms with van der Waals surface area (Å²) in [5, 5.41) is 0. The summed E-state index contributed by atoms with van der Waals surface area (Å²) >= 11 is 0. The number of phosphoric ester groups is 1. The maximum absolute atomic E-state index is 11.2. The molecule has 16 heavy (non-hydrogen) atoms. The summed E-state index contributed by atoms with van der Waals surface area (Å²) in [7, 11) is -2.81. The second-order valence-corrected chi connectivity index (χ2v) is 5.94. The SMILES string of the molecule is COP(=O)(O)OC[C@@]12COC([C@H](C)O1)[C@H]2C. The van der Waals surface area contributed by atoms with Gasteiger partial charge in [-0.2, -0.15) is 0 Å². The monoisotopic (exact) mass is 252 g/mol. The Labute approximate surface area is 94.4 Å². The number of fused-ring (bicyclic) bond motifs is 2. The first kappa shape index (κ1) is 12.5. The maximum atomic E-state index is 11.2. The molecule has 5 atom stereocenters. The van der Waals surface area contributed by atoms with Crippen molar-refractivity contribution in [3.63, 3.8) is 0 Å². The molecular formula is C9H17O6P. The third kappa shape index (κ3) is 1.94. The molecule has 2 heterocycles. The van der Waals surface area contributed by atoms with Crippen LogP contribution < -0.4 is 0 Å². The Kier molecular flexibility index (Phi) is 3.16. The van der Waals surface area contributed by atoms with Crippen LogP contribution in [0.2, 0.25) is 0 Å². The van der Waals surface area contributed by atoms with Gasteiger partial charge in [0.25, 0.3) is 0 Å². The zero-order valence-electron chi connectivity index (χ0n) is 9.58. The predicted molar refractivity (Wildman–Crippen MR) is 55.0 cm³/mol. The van der Waals surface area contributed by atoms with Crippen molar-refractivity contribution >= 4 is 7.82 Å². The van der Waals surface area contributed by atoms with E-state index in [1.54, 1.807) is 0 Å². The van der Waals surface area contributed by atoms with Crippen LogP contribution >= 0.6 is 7.82 Å². The van der Waals surface area contributed by atoms with E-state index in [9.17, 15) is 9.46 Å². The normalized spacial score (nSPS) is 45.9. The fraction of sp³-hybridized carbons (Fsp3) is 1.00. The lowest BCUT2D eigenvalue weighted by Gasteiger charge is -2.30. The van der Waals surface area contributed by atoms with Gasteiger partial charge in [0.05, 0.1) is 25.4 Å². The van der Waals surface area contributed by atoms with Gasteiger partial charge >= 0.3 is 7.82 Å². The minimum Gasteiger partial charge on any atom is -0.372 e. The van der Waals surface area contributed by atoms with Gasteiger partial charge in [-0.15, -0.1) is 0 Å². The first-order valence-electron chi connectivity index (χ1n) is 5.23. The van der Waals surface area contributed by atoms with E-state index in [4.69, 9.17) is 14.0 Å². The number of hydrogen-bond acceptors (Lipinski definition) is 5. The Bertz CT molecular complexity index is 321. The number of rotatable bonds is 4. The van der Waals surface area contributed by atoms with Crippen molar-refractivity contribution < 1.29 is 28.0 Å². The third-order valence-electron chi connectivity index (χ3n) is 3.43. The molecule has 0 aromatic carbocycles. The summed E-state index contributed by atoms with van der Waals surface area (Å²) in [5.74, 6) is 0.152. The molecule has 7 heteroatoms. The van der Waals surface area contributed by atoms with Crippen LogP contribution in [-0.4, -0.2) is 43.0 Å². The Balaban J connectivity index is 2.02. The van der Waals surface area contributed by atoms with Gasteiger partial charge < -0.3 is 14.4 Å². The van der Waals surface area contributed by atoms with Crippen molar-refractivity contribution in [2.45, 2.75) is 31.7 Å². The molecule has 2 bridgehead atoms. The van der Waals surface area contributed by atoms with E-state index in [1.807, 2.05) is 13.8 Å². The molecule has 2 aliphatic heterocycles. The molecule has 0 aromatic rings. The lowest BCUT2D eigenvalue weighted by atomic mass is 9.91. The van der Waals surface area contributed by atoms with Crippen LogP contribution in [-0.2, 0) is 23.1 Å². The molecule has 1 N–H and O–H groups in total. The van der Waals surface area contributed by atoms with E-state index in [0.717, 1.165) is 7.11 Å². The molecule has 2 aliphatic rings. The molecule has 6 nitrogen and oxygen atoms in total. The van der Waals surface area contributed by atoms with Gasteiger partial charge in [0.2, 0.25) is 0 Å². The van der Waals surface area contributed by atoms with E-state index in [-0.39, 0.29) is 24.7 Å². The van der Waals surface area contributed by atoms with Gasteiger partial charge in [-0.3, -0.25) is 9.05 Å². The predicted octanol–water partition coefficient (Wildman–Crippen LogP) is 0.942. The molecule has 2 rings (SSSR count). The van der Waals surface area contributed by atoms with Gasteiger partial charge in [-0.05, 0) is 6.92 Å². The zero-order valence-corrected chi connectivity index (χ0v) is 10.5. The Morgan fingerprint density at radius 3 is 2.69 bits per heavy atom. The quantitative estimate of drug-likeness (QED) is 0.750. The smallest absolute Gasteiger partial charge is 0.372 e. The summed E-state index contributed by atoms with van der Waals surface area (Å²) in [6.07, 6.45) is 0.0391. The maximum Gasteiger partial charge on any atom is 0.472 e. The number of phosphoric acid groups is 1. The average molecular weight is 252 g/mol. The summed E-state index contributed by atoms with van der Waals surface area (Å²) in [6, 6.07) is 0. The summed E-state index contributed by atoms with van der Waals surface area (Å²) in [5.41, 5.74) is -0.610. The highest BCUT2D eigenvalue weighted by molar-refractivity contribution is 7.47. The van der Waals surface area contributed by atoms with Gasteiger partial charge in [0.1, 0.15) is 5.60 Å². The summed E-state index contributed by atoms with van der Waals surface area (Å²) in [4.78, 5) is 9.17. The Morgan fingerprint density at radius 2 is 2.25 bits per heavy atom. The van der Waals surface area contributed by atoms with Crippen molar-refractivity contribution in [3.05, 3.63) is 0 Å². The van der Waals surface area contributed by atoms with Crippen molar-refractivity contribution in [1.82, 2.24) is 0 Å². The van der Waals surface area contributed by atoms with Gasteiger partial charge in [0.15, 0.2) is 0 Å². The topological polar surface area (TPSA) is 74.2 Å². The summed E-state index contributed by atoms with van der Waals surface area (Å²) in [6.45, 7) is 4.33. The first-order chi connectivity index (χ1) is 7.40. The minimum absolute atomic E-state index is 0.00651. The fourth-order valence-electron chi connectivity index (χ4n) is 2.38. The highest BCUT2D eigenvalue weighted by Crippen LogP contribution is 2.49.